The maximum atomic E-state index is 12.5. The van der Waals surface area contributed by atoms with Crippen molar-refractivity contribution < 1.29 is 24.5 Å². The van der Waals surface area contributed by atoms with Crippen LogP contribution >= 0.6 is 0 Å². The van der Waals surface area contributed by atoms with E-state index in [4.69, 9.17) is 4.74 Å². The van der Waals surface area contributed by atoms with Gasteiger partial charge in [0.05, 0.1) is 25.4 Å². The number of carbonyl (C=O) groups excluding carboxylic acids is 2. The topological polar surface area (TPSA) is 95.9 Å². The molecule has 0 aromatic rings. The zero-order valence-electron chi connectivity index (χ0n) is 49.9. The first-order valence-electron chi connectivity index (χ1n) is 33.8. The Morgan fingerprint density at radius 3 is 0.836 bits per heavy atom. The minimum Gasteiger partial charge on any atom is -0.466 e. The van der Waals surface area contributed by atoms with Gasteiger partial charge in [0.2, 0.25) is 5.91 Å². The van der Waals surface area contributed by atoms with E-state index in [9.17, 15) is 19.8 Å². The first-order valence-corrected chi connectivity index (χ1v) is 33.8. The largest absolute Gasteiger partial charge is 0.466 e. The molecule has 0 saturated carbocycles. The number of aliphatic hydroxyl groups is 2. The second-order valence-electron chi connectivity index (χ2n) is 23.5. The quantitative estimate of drug-likeness (QED) is 0.0417. The number of ether oxygens (including phenoxy) is 1. The van der Waals surface area contributed by atoms with Crippen molar-refractivity contribution in [2.45, 2.75) is 405 Å². The minimum absolute atomic E-state index is 0.0226. The predicted octanol–water partition coefficient (Wildman–Crippen LogP) is 21.4. The zero-order chi connectivity index (χ0) is 52.9. The minimum atomic E-state index is -0.660. The molecule has 0 aromatic heterocycles. The van der Waals surface area contributed by atoms with Crippen molar-refractivity contribution in [2.24, 2.45) is 0 Å². The van der Waals surface area contributed by atoms with Crippen LogP contribution in [0.3, 0.4) is 0 Å². The summed E-state index contributed by atoms with van der Waals surface area (Å²) in [5, 5.41) is 23.3. The maximum absolute atomic E-state index is 12.5. The number of unbranched alkanes of at least 4 members (excludes halogenated alkanes) is 53. The molecule has 0 saturated heterocycles. The Morgan fingerprint density at radius 2 is 0.562 bits per heavy atom. The van der Waals surface area contributed by atoms with E-state index in [1.54, 1.807) is 0 Å². The van der Waals surface area contributed by atoms with Crippen LogP contribution in [0.2, 0.25) is 0 Å². The van der Waals surface area contributed by atoms with Crippen molar-refractivity contribution in [1.82, 2.24) is 5.32 Å². The molecule has 2 unspecified atom stereocenters. The summed E-state index contributed by atoms with van der Waals surface area (Å²) in [6, 6.07) is -0.537. The highest BCUT2D eigenvalue weighted by Gasteiger charge is 2.20. The highest BCUT2D eigenvalue weighted by Crippen LogP contribution is 2.19. The third-order valence-corrected chi connectivity index (χ3v) is 16.2. The standard InChI is InChI=1S/C67H133NO5/c1-3-5-7-9-11-13-15-17-18-33-37-41-45-49-53-57-61-67(72)73-62-58-54-50-46-42-38-34-31-29-27-25-23-21-19-20-22-24-26-28-30-32-36-40-44-48-52-56-60-66(71)68-64(63-69)65(70)59-55-51-47-43-39-35-16-14-12-10-8-6-4-2/h64-65,69-70H,3-63H2,1-2H3,(H,68,71). The molecule has 6 nitrogen and oxygen atoms in total. The van der Waals surface area contributed by atoms with E-state index in [2.05, 4.69) is 19.2 Å². The Hall–Kier alpha value is -1.14. The van der Waals surface area contributed by atoms with Gasteiger partial charge in [0.15, 0.2) is 0 Å². The lowest BCUT2D eigenvalue weighted by atomic mass is 10.0. The Kier molecular flexibility index (Phi) is 62.4. The van der Waals surface area contributed by atoms with Gasteiger partial charge >= 0.3 is 5.97 Å². The molecule has 0 aliphatic carbocycles. The number of hydrogen-bond donors (Lipinski definition) is 3. The molecule has 0 aromatic carbocycles. The van der Waals surface area contributed by atoms with Gasteiger partial charge in [0.25, 0.3) is 0 Å². The molecule has 73 heavy (non-hydrogen) atoms. The average molecular weight is 1030 g/mol. The predicted molar refractivity (Wildman–Crippen MR) is 320 cm³/mol. The van der Waals surface area contributed by atoms with Gasteiger partial charge in [-0.2, -0.15) is 0 Å². The van der Waals surface area contributed by atoms with Crippen LogP contribution in [-0.4, -0.2) is 47.4 Å². The van der Waals surface area contributed by atoms with E-state index in [1.165, 1.54) is 321 Å². The van der Waals surface area contributed by atoms with E-state index in [0.717, 1.165) is 38.5 Å². The summed E-state index contributed by atoms with van der Waals surface area (Å²) in [4.78, 5) is 24.6. The van der Waals surface area contributed by atoms with Gasteiger partial charge < -0.3 is 20.3 Å². The maximum Gasteiger partial charge on any atom is 0.305 e. The molecule has 0 spiro atoms. The highest BCUT2D eigenvalue weighted by atomic mass is 16.5. The van der Waals surface area contributed by atoms with Crippen LogP contribution in [0.5, 0.6) is 0 Å². The number of carbonyl (C=O) groups is 2. The van der Waals surface area contributed by atoms with Crippen LogP contribution in [-0.2, 0) is 14.3 Å². The van der Waals surface area contributed by atoms with Crippen LogP contribution in [0.1, 0.15) is 393 Å². The van der Waals surface area contributed by atoms with Gasteiger partial charge in [-0.15, -0.1) is 0 Å². The fourth-order valence-electron chi connectivity index (χ4n) is 11.0. The van der Waals surface area contributed by atoms with E-state index in [0.29, 0.717) is 25.9 Å². The van der Waals surface area contributed by atoms with Crippen LogP contribution < -0.4 is 5.32 Å². The SMILES string of the molecule is CCCCCCCCCCCCCCCCCCC(=O)OCCCCCCCCCCCCCCCCCCCCCCCCCCCCCC(=O)NC(CO)C(O)CCCCCCCCCCCCCCC. The summed E-state index contributed by atoms with van der Waals surface area (Å²) >= 11 is 0. The van der Waals surface area contributed by atoms with Crippen LogP contribution in [0.15, 0.2) is 0 Å². The van der Waals surface area contributed by atoms with Gasteiger partial charge in [-0.1, -0.05) is 354 Å². The van der Waals surface area contributed by atoms with Gasteiger partial charge in [-0.25, -0.2) is 0 Å². The Bertz CT molecular complexity index is 1050. The summed E-state index contributed by atoms with van der Waals surface area (Å²) in [5.74, 6) is -0.00694. The number of hydrogen-bond acceptors (Lipinski definition) is 5. The molecule has 0 bridgehead atoms. The van der Waals surface area contributed by atoms with E-state index in [1.807, 2.05) is 0 Å². The van der Waals surface area contributed by atoms with Gasteiger partial charge in [-0.05, 0) is 25.7 Å². The number of nitrogens with one attached hydrogen (secondary N) is 1. The summed E-state index contributed by atoms with van der Waals surface area (Å²) < 4.78 is 5.50. The van der Waals surface area contributed by atoms with Crippen molar-refractivity contribution in [3.05, 3.63) is 0 Å². The van der Waals surface area contributed by atoms with Gasteiger partial charge in [0, 0.05) is 12.8 Å². The Balaban J connectivity index is 3.31. The lowest BCUT2D eigenvalue weighted by Gasteiger charge is -2.22. The number of rotatable bonds is 64. The smallest absolute Gasteiger partial charge is 0.305 e. The number of aliphatic hydroxyl groups excluding tert-OH is 2. The zero-order valence-corrected chi connectivity index (χ0v) is 49.9. The fraction of sp³-hybridized carbons (Fsp3) is 0.970. The average Bonchev–Trinajstić information content (AvgIpc) is 3.39. The summed E-state index contributed by atoms with van der Waals surface area (Å²) in [6.07, 6.45) is 75.7. The first-order chi connectivity index (χ1) is 36.0. The van der Waals surface area contributed by atoms with Gasteiger partial charge in [-0.3, -0.25) is 9.59 Å². The normalized spacial score (nSPS) is 12.4. The second kappa shape index (κ2) is 63.4. The van der Waals surface area contributed by atoms with E-state index < -0.39 is 12.1 Å². The molecule has 6 heteroatoms. The third kappa shape index (κ3) is 60.0. The molecule has 0 aliphatic rings. The molecule has 0 radical (unpaired) electrons. The van der Waals surface area contributed by atoms with Crippen molar-refractivity contribution in [2.75, 3.05) is 13.2 Å². The second-order valence-corrected chi connectivity index (χ2v) is 23.5. The monoisotopic (exact) mass is 1030 g/mol. The molecule has 3 N–H and O–H groups in total. The van der Waals surface area contributed by atoms with Crippen LogP contribution in [0.25, 0.3) is 0 Å². The van der Waals surface area contributed by atoms with E-state index in [-0.39, 0.29) is 18.5 Å². The third-order valence-electron chi connectivity index (χ3n) is 16.2. The molecular formula is C67H133NO5. The van der Waals surface area contributed by atoms with Crippen molar-refractivity contribution in [3.8, 4) is 0 Å². The van der Waals surface area contributed by atoms with Crippen molar-refractivity contribution in [3.63, 3.8) is 0 Å². The van der Waals surface area contributed by atoms with E-state index >= 15 is 0 Å². The molecule has 1 amide bonds. The summed E-state index contributed by atoms with van der Waals surface area (Å²) in [5.41, 5.74) is 0. The van der Waals surface area contributed by atoms with Crippen molar-refractivity contribution >= 4 is 11.9 Å². The summed E-state index contributed by atoms with van der Waals surface area (Å²) in [6.45, 7) is 4.99. The Labute approximate surface area is 457 Å². The molecule has 0 rings (SSSR count). The number of amides is 1. The lowest BCUT2D eigenvalue weighted by molar-refractivity contribution is -0.143. The van der Waals surface area contributed by atoms with Gasteiger partial charge in [0.1, 0.15) is 0 Å². The lowest BCUT2D eigenvalue weighted by Crippen LogP contribution is -2.45. The molecular weight excluding hydrogens is 899 g/mol. The fourth-order valence-corrected chi connectivity index (χ4v) is 11.0. The van der Waals surface area contributed by atoms with Crippen LogP contribution in [0, 0.1) is 0 Å². The molecule has 0 fully saturated rings. The first kappa shape index (κ1) is 71.9. The Morgan fingerprint density at radius 1 is 0.329 bits per heavy atom. The molecule has 2 atom stereocenters. The molecule has 0 aliphatic heterocycles. The molecule has 0 heterocycles. The summed E-state index contributed by atoms with van der Waals surface area (Å²) in [7, 11) is 0. The van der Waals surface area contributed by atoms with Crippen LogP contribution in [0.4, 0.5) is 0 Å². The highest BCUT2D eigenvalue weighted by molar-refractivity contribution is 5.76. The molecule has 436 valence electrons. The number of esters is 1. The van der Waals surface area contributed by atoms with Crippen molar-refractivity contribution in [1.29, 1.82) is 0 Å².